The Morgan fingerprint density at radius 3 is 2.24 bits per heavy atom. The van der Waals surface area contributed by atoms with Gasteiger partial charge in [-0.25, -0.2) is 4.79 Å². The van der Waals surface area contributed by atoms with Crippen molar-refractivity contribution >= 4 is 6.03 Å². The number of nitrogens with two attached hydrogens (primary N) is 1. The second-order valence-electron chi connectivity index (χ2n) is 4.68. The standard InChI is InChI=1S/C16H19N3O2/c17-16(21)19-11-10-18-15(12-4-2-1-3-5-12)13-6-8-14(20)9-7-13/h1-9,15,18,20H,10-11H2,(H3,17,19,21). The van der Waals surface area contributed by atoms with Crippen LogP contribution < -0.4 is 16.4 Å². The molecule has 0 spiro atoms. The number of hydrogen-bond donors (Lipinski definition) is 4. The number of primary amides is 1. The Bertz CT molecular complexity index is 570. The molecule has 2 amide bonds. The Morgan fingerprint density at radius 2 is 1.62 bits per heavy atom. The van der Waals surface area contributed by atoms with E-state index in [1.165, 1.54) is 0 Å². The summed E-state index contributed by atoms with van der Waals surface area (Å²) in [6, 6.07) is 16.5. The van der Waals surface area contributed by atoms with E-state index in [0.717, 1.165) is 11.1 Å². The lowest BCUT2D eigenvalue weighted by molar-refractivity contribution is 0.249. The Labute approximate surface area is 123 Å². The second-order valence-corrected chi connectivity index (χ2v) is 4.68. The van der Waals surface area contributed by atoms with Gasteiger partial charge in [0.05, 0.1) is 6.04 Å². The van der Waals surface area contributed by atoms with E-state index in [9.17, 15) is 9.90 Å². The van der Waals surface area contributed by atoms with E-state index in [1.54, 1.807) is 12.1 Å². The van der Waals surface area contributed by atoms with Crippen LogP contribution in [0, 0.1) is 0 Å². The van der Waals surface area contributed by atoms with Crippen molar-refractivity contribution in [1.82, 2.24) is 10.6 Å². The largest absolute Gasteiger partial charge is 0.508 e. The van der Waals surface area contributed by atoms with Crippen LogP contribution in [0.3, 0.4) is 0 Å². The lowest BCUT2D eigenvalue weighted by Crippen LogP contribution is -2.36. The quantitative estimate of drug-likeness (QED) is 0.610. The summed E-state index contributed by atoms with van der Waals surface area (Å²) in [5, 5.41) is 15.3. The topological polar surface area (TPSA) is 87.4 Å². The maximum atomic E-state index is 10.7. The molecule has 2 rings (SSSR count). The molecule has 0 aromatic heterocycles. The van der Waals surface area contributed by atoms with Crippen LogP contribution in [0.5, 0.6) is 5.75 Å². The van der Waals surface area contributed by atoms with Crippen LogP contribution in [0.15, 0.2) is 54.6 Å². The van der Waals surface area contributed by atoms with Gasteiger partial charge in [-0.2, -0.15) is 0 Å². The number of rotatable bonds is 6. The zero-order chi connectivity index (χ0) is 15.1. The molecule has 1 atom stereocenters. The van der Waals surface area contributed by atoms with Gasteiger partial charge >= 0.3 is 6.03 Å². The summed E-state index contributed by atoms with van der Waals surface area (Å²) in [5.74, 6) is 0.237. The fourth-order valence-electron chi connectivity index (χ4n) is 2.14. The van der Waals surface area contributed by atoms with Gasteiger partial charge in [0.15, 0.2) is 0 Å². The van der Waals surface area contributed by atoms with Crippen LogP contribution in [-0.2, 0) is 0 Å². The summed E-state index contributed by atoms with van der Waals surface area (Å²) in [4.78, 5) is 10.7. The van der Waals surface area contributed by atoms with Gasteiger partial charge in [-0.05, 0) is 23.3 Å². The molecule has 2 aromatic carbocycles. The van der Waals surface area contributed by atoms with Gasteiger partial charge in [0.25, 0.3) is 0 Å². The van der Waals surface area contributed by atoms with Gasteiger partial charge in [-0.15, -0.1) is 0 Å². The van der Waals surface area contributed by atoms with Crippen molar-refractivity contribution < 1.29 is 9.90 Å². The first-order valence-corrected chi connectivity index (χ1v) is 6.77. The van der Waals surface area contributed by atoms with Crippen molar-refractivity contribution in [2.75, 3.05) is 13.1 Å². The van der Waals surface area contributed by atoms with E-state index >= 15 is 0 Å². The lowest BCUT2D eigenvalue weighted by Gasteiger charge is -2.20. The minimum Gasteiger partial charge on any atom is -0.508 e. The van der Waals surface area contributed by atoms with Crippen LogP contribution in [0.25, 0.3) is 0 Å². The van der Waals surface area contributed by atoms with E-state index in [0.29, 0.717) is 13.1 Å². The monoisotopic (exact) mass is 285 g/mol. The predicted octanol–water partition coefficient (Wildman–Crippen LogP) is 1.74. The molecule has 0 aliphatic carbocycles. The van der Waals surface area contributed by atoms with Gasteiger partial charge in [0, 0.05) is 13.1 Å². The average Bonchev–Trinajstić information content (AvgIpc) is 2.49. The minimum atomic E-state index is -0.530. The number of carbonyl (C=O) groups is 1. The summed E-state index contributed by atoms with van der Waals surface area (Å²) < 4.78 is 0. The number of urea groups is 1. The molecule has 0 aliphatic rings. The maximum absolute atomic E-state index is 10.7. The molecule has 0 radical (unpaired) electrons. The van der Waals surface area contributed by atoms with Crippen LogP contribution >= 0.6 is 0 Å². The predicted molar refractivity (Wildman–Crippen MR) is 82.0 cm³/mol. The Morgan fingerprint density at radius 1 is 1.00 bits per heavy atom. The second kappa shape index (κ2) is 7.31. The molecule has 0 aliphatic heterocycles. The molecule has 21 heavy (non-hydrogen) atoms. The average molecular weight is 285 g/mol. The SMILES string of the molecule is NC(=O)NCCNC(c1ccccc1)c1ccc(O)cc1. The third-order valence-corrected chi connectivity index (χ3v) is 3.13. The van der Waals surface area contributed by atoms with E-state index in [-0.39, 0.29) is 11.8 Å². The van der Waals surface area contributed by atoms with Crippen molar-refractivity contribution in [2.24, 2.45) is 5.73 Å². The first-order chi connectivity index (χ1) is 10.2. The number of nitrogens with one attached hydrogen (secondary N) is 2. The zero-order valence-electron chi connectivity index (χ0n) is 11.6. The number of benzene rings is 2. The molecule has 0 bridgehead atoms. The number of carbonyl (C=O) groups excluding carboxylic acids is 1. The zero-order valence-corrected chi connectivity index (χ0v) is 11.6. The van der Waals surface area contributed by atoms with E-state index in [2.05, 4.69) is 10.6 Å². The maximum Gasteiger partial charge on any atom is 0.312 e. The Hall–Kier alpha value is -2.53. The van der Waals surface area contributed by atoms with Gasteiger partial charge in [0.1, 0.15) is 5.75 Å². The van der Waals surface area contributed by atoms with Gasteiger partial charge in [0.2, 0.25) is 0 Å². The molecule has 5 heteroatoms. The van der Waals surface area contributed by atoms with E-state index < -0.39 is 6.03 Å². The van der Waals surface area contributed by atoms with Gasteiger partial charge in [-0.3, -0.25) is 0 Å². The third kappa shape index (κ3) is 4.50. The van der Waals surface area contributed by atoms with Crippen molar-refractivity contribution in [2.45, 2.75) is 6.04 Å². The van der Waals surface area contributed by atoms with Crippen LogP contribution in [0.2, 0.25) is 0 Å². The number of hydrogen-bond acceptors (Lipinski definition) is 3. The van der Waals surface area contributed by atoms with E-state index in [4.69, 9.17) is 5.73 Å². The number of aromatic hydroxyl groups is 1. The molecule has 2 aromatic rings. The fraction of sp³-hybridized carbons (Fsp3) is 0.188. The highest BCUT2D eigenvalue weighted by molar-refractivity contribution is 5.71. The smallest absolute Gasteiger partial charge is 0.312 e. The summed E-state index contributed by atoms with van der Waals surface area (Å²) in [7, 11) is 0. The molecule has 0 fully saturated rings. The highest BCUT2D eigenvalue weighted by Crippen LogP contribution is 2.23. The molecule has 0 saturated heterocycles. The van der Waals surface area contributed by atoms with Gasteiger partial charge < -0.3 is 21.5 Å². The minimum absolute atomic E-state index is 0.0125. The summed E-state index contributed by atoms with van der Waals surface area (Å²) in [6.45, 7) is 1.04. The molecule has 5 N–H and O–H groups in total. The third-order valence-electron chi connectivity index (χ3n) is 3.13. The molecule has 0 saturated carbocycles. The number of amides is 2. The van der Waals surface area contributed by atoms with Gasteiger partial charge in [-0.1, -0.05) is 42.5 Å². The van der Waals surface area contributed by atoms with Crippen LogP contribution in [0.1, 0.15) is 17.2 Å². The first-order valence-electron chi connectivity index (χ1n) is 6.77. The summed E-state index contributed by atoms with van der Waals surface area (Å²) >= 11 is 0. The fourth-order valence-corrected chi connectivity index (χ4v) is 2.14. The summed E-state index contributed by atoms with van der Waals surface area (Å²) in [5.41, 5.74) is 7.20. The van der Waals surface area contributed by atoms with Crippen molar-refractivity contribution in [1.29, 1.82) is 0 Å². The first kappa shape index (κ1) is 14.9. The molecular formula is C16H19N3O2. The van der Waals surface area contributed by atoms with Crippen molar-refractivity contribution in [3.8, 4) is 5.75 Å². The summed E-state index contributed by atoms with van der Waals surface area (Å²) in [6.07, 6.45) is 0. The Balaban J connectivity index is 2.11. The highest BCUT2D eigenvalue weighted by atomic mass is 16.3. The normalized spacial score (nSPS) is 11.8. The lowest BCUT2D eigenvalue weighted by atomic mass is 9.98. The number of phenols is 1. The highest BCUT2D eigenvalue weighted by Gasteiger charge is 2.13. The molecule has 110 valence electrons. The van der Waals surface area contributed by atoms with Crippen molar-refractivity contribution in [3.05, 3.63) is 65.7 Å². The van der Waals surface area contributed by atoms with Crippen LogP contribution in [-0.4, -0.2) is 24.2 Å². The van der Waals surface area contributed by atoms with Crippen molar-refractivity contribution in [3.63, 3.8) is 0 Å². The van der Waals surface area contributed by atoms with E-state index in [1.807, 2.05) is 42.5 Å². The molecular weight excluding hydrogens is 266 g/mol. The molecule has 5 nitrogen and oxygen atoms in total. The molecule has 0 heterocycles. The Kier molecular flexibility index (Phi) is 5.17. The number of phenolic OH excluding ortho intramolecular Hbond substituents is 1. The van der Waals surface area contributed by atoms with Crippen LogP contribution in [0.4, 0.5) is 4.79 Å². The molecule has 1 unspecified atom stereocenters.